The van der Waals surface area contributed by atoms with Crippen LogP contribution in [-0.2, 0) is 0 Å². The van der Waals surface area contributed by atoms with E-state index in [2.05, 4.69) is 0 Å². The van der Waals surface area contributed by atoms with Gasteiger partial charge in [-0.25, -0.2) is 0 Å². The Bertz CT molecular complexity index is 584. The lowest BCUT2D eigenvalue weighted by atomic mass is 10.2. The molecule has 2 aromatic carbocycles. The molecule has 5 heteroatoms. The fourth-order valence-corrected chi connectivity index (χ4v) is 3.31. The van der Waals surface area contributed by atoms with E-state index in [1.807, 2.05) is 30.3 Å². The van der Waals surface area contributed by atoms with E-state index >= 15 is 0 Å². The number of carbonyl (C=O) groups is 1. The van der Waals surface area contributed by atoms with Crippen LogP contribution in [0.5, 0.6) is 0 Å². The normalized spacial score (nSPS) is 11.1. The van der Waals surface area contributed by atoms with E-state index in [4.69, 9.17) is 34.8 Å². The van der Waals surface area contributed by atoms with Crippen LogP contribution in [0.2, 0.25) is 15.1 Å². The summed E-state index contributed by atoms with van der Waals surface area (Å²) in [7, 11) is -0.0216. The first kappa shape index (κ1) is 13.8. The number of hydrogen-bond donors (Lipinski definition) is 0. The van der Waals surface area contributed by atoms with Crippen molar-refractivity contribution in [2.45, 2.75) is 0 Å². The summed E-state index contributed by atoms with van der Waals surface area (Å²) in [5.74, 6) is 0. The minimum atomic E-state index is -0.112. The Kier molecular flexibility index (Phi) is 4.64. The summed E-state index contributed by atoms with van der Waals surface area (Å²) >= 11 is 17.9. The molecule has 2 rings (SSSR count). The third kappa shape index (κ3) is 3.05. The summed E-state index contributed by atoms with van der Waals surface area (Å²) in [6.45, 7) is 0. The molecule has 0 heterocycles. The van der Waals surface area contributed by atoms with Gasteiger partial charge in [0.25, 0.3) is 0 Å². The number of hydrogen-bond acceptors (Lipinski definition) is 1. The lowest BCUT2D eigenvalue weighted by Crippen LogP contribution is -2.02. The molecular weight excluding hydrogens is 309 g/mol. The van der Waals surface area contributed by atoms with Crippen molar-refractivity contribution >= 4 is 54.2 Å². The monoisotopic (exact) mass is 316 g/mol. The Labute approximate surface area is 122 Å². The molecule has 92 valence electrons. The van der Waals surface area contributed by atoms with Gasteiger partial charge in [-0.1, -0.05) is 65.1 Å². The molecule has 18 heavy (non-hydrogen) atoms. The van der Waals surface area contributed by atoms with Crippen molar-refractivity contribution < 1.29 is 4.79 Å². The highest BCUT2D eigenvalue weighted by atomic mass is 35.5. The standard InChI is InChI=1S/C13H8Cl3OP/c14-9-6-7-10(15)12(16)11(9)13(17)18-8-4-2-1-3-5-8/h1-7,18H. The van der Waals surface area contributed by atoms with E-state index in [1.54, 1.807) is 12.1 Å². The third-order valence-electron chi connectivity index (χ3n) is 2.30. The topological polar surface area (TPSA) is 17.1 Å². The molecule has 0 bridgehead atoms. The number of benzene rings is 2. The molecule has 1 atom stereocenters. The molecule has 0 saturated heterocycles. The lowest BCUT2D eigenvalue weighted by molar-refractivity contribution is 0.108. The molecular formula is C13H8Cl3OP. The predicted octanol–water partition coefficient (Wildman–Crippen LogP) is 4.79. The Morgan fingerprint density at radius 3 is 2.17 bits per heavy atom. The van der Waals surface area contributed by atoms with Gasteiger partial charge in [-0.2, -0.15) is 0 Å². The quantitative estimate of drug-likeness (QED) is 0.587. The molecule has 0 spiro atoms. The molecule has 0 amide bonds. The lowest BCUT2D eigenvalue weighted by Gasteiger charge is -2.07. The zero-order chi connectivity index (χ0) is 13.1. The molecule has 0 aliphatic carbocycles. The van der Waals surface area contributed by atoms with E-state index in [0.717, 1.165) is 5.30 Å². The average molecular weight is 318 g/mol. The fraction of sp³-hybridized carbons (Fsp3) is 0. The van der Waals surface area contributed by atoms with Crippen molar-refractivity contribution in [1.82, 2.24) is 0 Å². The second-order valence-corrected chi connectivity index (χ2v) is 6.01. The van der Waals surface area contributed by atoms with E-state index < -0.39 is 0 Å². The molecule has 1 unspecified atom stereocenters. The predicted molar refractivity (Wildman–Crippen MR) is 80.2 cm³/mol. The van der Waals surface area contributed by atoms with Crippen molar-refractivity contribution in [3.8, 4) is 0 Å². The van der Waals surface area contributed by atoms with Crippen molar-refractivity contribution in [1.29, 1.82) is 0 Å². The van der Waals surface area contributed by atoms with Gasteiger partial charge in [0.2, 0.25) is 0 Å². The smallest absolute Gasteiger partial charge is 0.188 e. The molecule has 0 radical (unpaired) electrons. The van der Waals surface area contributed by atoms with E-state index in [1.165, 1.54) is 0 Å². The SMILES string of the molecule is O=C(Pc1ccccc1)c1c(Cl)ccc(Cl)c1Cl. The highest BCUT2D eigenvalue weighted by Gasteiger charge is 2.17. The summed E-state index contributed by atoms with van der Waals surface area (Å²) < 4.78 is 0. The highest BCUT2D eigenvalue weighted by Crippen LogP contribution is 2.35. The number of rotatable bonds is 3. The van der Waals surface area contributed by atoms with E-state index in [0.29, 0.717) is 15.6 Å². The summed E-state index contributed by atoms with van der Waals surface area (Å²) in [6, 6.07) is 12.6. The van der Waals surface area contributed by atoms with Crippen molar-refractivity contribution in [2.75, 3.05) is 0 Å². The molecule has 0 aromatic heterocycles. The van der Waals surface area contributed by atoms with Crippen molar-refractivity contribution in [3.05, 3.63) is 63.1 Å². The molecule has 0 aliphatic rings. The maximum absolute atomic E-state index is 12.2. The van der Waals surface area contributed by atoms with E-state index in [9.17, 15) is 4.79 Å². The van der Waals surface area contributed by atoms with Crippen LogP contribution in [0.25, 0.3) is 0 Å². The van der Waals surface area contributed by atoms with Gasteiger partial charge in [0.15, 0.2) is 5.52 Å². The molecule has 0 saturated carbocycles. The van der Waals surface area contributed by atoms with Crippen LogP contribution in [0.3, 0.4) is 0 Å². The molecule has 0 aliphatic heterocycles. The first-order valence-corrected chi connectivity index (χ1v) is 7.23. The molecule has 0 N–H and O–H groups in total. The molecule has 1 nitrogen and oxygen atoms in total. The number of carbonyl (C=O) groups excluding carboxylic acids is 1. The van der Waals surface area contributed by atoms with Crippen LogP contribution in [0.4, 0.5) is 0 Å². The van der Waals surface area contributed by atoms with E-state index in [-0.39, 0.29) is 19.1 Å². The van der Waals surface area contributed by atoms with Gasteiger partial charge in [-0.05, 0) is 26.0 Å². The first-order valence-electron chi connectivity index (χ1n) is 5.09. The van der Waals surface area contributed by atoms with Crippen LogP contribution < -0.4 is 5.30 Å². The second-order valence-electron chi connectivity index (χ2n) is 3.54. The molecule has 2 aromatic rings. The van der Waals surface area contributed by atoms with Gasteiger partial charge in [-0.3, -0.25) is 4.79 Å². The van der Waals surface area contributed by atoms with Crippen LogP contribution >= 0.6 is 43.4 Å². The Morgan fingerprint density at radius 1 is 0.889 bits per heavy atom. The minimum absolute atomic E-state index is 0.0216. The summed E-state index contributed by atoms with van der Waals surface area (Å²) in [4.78, 5) is 12.2. The number of halogens is 3. The summed E-state index contributed by atoms with van der Waals surface area (Å²) in [5, 5.41) is 1.83. The highest BCUT2D eigenvalue weighted by molar-refractivity contribution is 7.66. The summed E-state index contributed by atoms with van der Waals surface area (Å²) in [6.07, 6.45) is 0. The Hall–Kier alpha value is -0.590. The third-order valence-corrected chi connectivity index (χ3v) is 4.52. The zero-order valence-corrected chi connectivity index (χ0v) is 12.4. The fourth-order valence-electron chi connectivity index (χ4n) is 1.45. The Balaban J connectivity index is 2.33. The van der Waals surface area contributed by atoms with Crippen molar-refractivity contribution in [3.63, 3.8) is 0 Å². The maximum Gasteiger partial charge on any atom is 0.188 e. The van der Waals surface area contributed by atoms with Crippen LogP contribution in [0.15, 0.2) is 42.5 Å². The molecule has 0 fully saturated rings. The zero-order valence-electron chi connectivity index (χ0n) is 9.08. The van der Waals surface area contributed by atoms with Crippen LogP contribution in [0, 0.1) is 0 Å². The minimum Gasteiger partial charge on any atom is -0.289 e. The average Bonchev–Trinajstić information content (AvgIpc) is 2.36. The van der Waals surface area contributed by atoms with Crippen LogP contribution in [-0.4, -0.2) is 5.52 Å². The summed E-state index contributed by atoms with van der Waals surface area (Å²) in [5.41, 5.74) is 0.187. The van der Waals surface area contributed by atoms with Gasteiger partial charge in [0, 0.05) is 0 Å². The maximum atomic E-state index is 12.2. The van der Waals surface area contributed by atoms with Gasteiger partial charge in [0.05, 0.1) is 20.6 Å². The second kappa shape index (κ2) is 6.04. The van der Waals surface area contributed by atoms with Gasteiger partial charge in [-0.15, -0.1) is 0 Å². The van der Waals surface area contributed by atoms with Gasteiger partial charge < -0.3 is 0 Å². The largest absolute Gasteiger partial charge is 0.289 e. The van der Waals surface area contributed by atoms with Gasteiger partial charge in [0.1, 0.15) is 0 Å². The van der Waals surface area contributed by atoms with Crippen molar-refractivity contribution in [2.24, 2.45) is 0 Å². The van der Waals surface area contributed by atoms with Crippen LogP contribution in [0.1, 0.15) is 10.4 Å². The first-order chi connectivity index (χ1) is 8.59. The van der Waals surface area contributed by atoms with Gasteiger partial charge >= 0.3 is 0 Å². The Morgan fingerprint density at radius 2 is 1.50 bits per heavy atom.